The van der Waals surface area contributed by atoms with E-state index in [1.807, 2.05) is 44.2 Å². The Morgan fingerprint density at radius 3 is 2.48 bits per heavy atom. The molecule has 2 fully saturated rings. The highest BCUT2D eigenvalue weighted by atomic mass is 32.2. The number of amides is 1. The van der Waals surface area contributed by atoms with Crippen LogP contribution in [0.2, 0.25) is 0 Å². The molecular weight excluding hydrogens is 540 g/mol. The predicted octanol–water partition coefficient (Wildman–Crippen LogP) is 2.96. The molecule has 2 aromatic carbocycles. The Morgan fingerprint density at radius 2 is 1.80 bits per heavy atom. The average Bonchev–Trinajstić information content (AvgIpc) is 3.56. The number of hydrogen-bond acceptors (Lipinski definition) is 9. The molecule has 0 aliphatic carbocycles. The van der Waals surface area contributed by atoms with E-state index in [0.29, 0.717) is 19.4 Å². The van der Waals surface area contributed by atoms with E-state index in [2.05, 4.69) is 5.32 Å². The third kappa shape index (κ3) is 7.50. The second-order valence-electron chi connectivity index (χ2n) is 10.0. The molecule has 3 N–H and O–H groups in total. The van der Waals surface area contributed by atoms with Gasteiger partial charge in [-0.05, 0) is 55.5 Å². The van der Waals surface area contributed by atoms with Crippen molar-refractivity contribution in [2.75, 3.05) is 19.8 Å². The van der Waals surface area contributed by atoms with E-state index in [9.17, 15) is 23.4 Å². The highest BCUT2D eigenvalue weighted by Gasteiger charge is 2.44. The van der Waals surface area contributed by atoms with Crippen molar-refractivity contribution in [1.82, 2.24) is 9.79 Å². The molecule has 0 spiro atoms. The van der Waals surface area contributed by atoms with Gasteiger partial charge in [0.25, 0.3) is 10.0 Å². The Bertz CT molecular complexity index is 1190. The van der Waals surface area contributed by atoms with Crippen LogP contribution in [0.15, 0.2) is 59.5 Å². The minimum absolute atomic E-state index is 0.0531. The minimum atomic E-state index is -4.23. The van der Waals surface area contributed by atoms with Crippen LogP contribution in [0.1, 0.15) is 38.7 Å². The Kier molecular flexibility index (Phi) is 10.4. The molecule has 0 saturated carbocycles. The van der Waals surface area contributed by atoms with E-state index >= 15 is 0 Å². The summed E-state index contributed by atoms with van der Waals surface area (Å²) in [5, 5.41) is 23.7. The van der Waals surface area contributed by atoms with Crippen molar-refractivity contribution in [3.8, 4) is 5.75 Å². The number of fused-ring (bicyclic) bond motifs is 1. The Hall–Kier alpha value is -2.74. The van der Waals surface area contributed by atoms with Gasteiger partial charge in [0.05, 0.1) is 48.8 Å². The Balaban J connectivity index is 1.53. The van der Waals surface area contributed by atoms with Crippen LogP contribution in [0.3, 0.4) is 0 Å². The topological polar surface area (TPSA) is 144 Å². The fourth-order valence-electron chi connectivity index (χ4n) is 4.84. The smallest absolute Gasteiger partial charge is 0.407 e. The Labute approximate surface area is 235 Å². The number of phenols is 1. The maximum absolute atomic E-state index is 13.6. The molecule has 0 bridgehead atoms. The van der Waals surface area contributed by atoms with E-state index in [-0.39, 0.29) is 35.9 Å². The van der Waals surface area contributed by atoms with Gasteiger partial charge in [0.2, 0.25) is 0 Å². The molecule has 2 aromatic rings. The summed E-state index contributed by atoms with van der Waals surface area (Å²) in [4.78, 5) is 18.7. The van der Waals surface area contributed by atoms with Gasteiger partial charge < -0.3 is 29.7 Å². The lowest BCUT2D eigenvalue weighted by Crippen LogP contribution is -2.51. The molecule has 2 saturated heterocycles. The summed E-state index contributed by atoms with van der Waals surface area (Å²) in [7, 11) is -4.23. The number of alkyl carbamates (subject to hydrolysis) is 1. The van der Waals surface area contributed by atoms with Crippen molar-refractivity contribution in [3.63, 3.8) is 0 Å². The monoisotopic (exact) mass is 578 g/mol. The van der Waals surface area contributed by atoms with E-state index in [1.54, 1.807) is 0 Å². The maximum atomic E-state index is 13.6. The number of nitrogens with zero attached hydrogens (tertiary/aromatic N) is 1. The van der Waals surface area contributed by atoms with E-state index in [1.165, 1.54) is 24.3 Å². The summed E-state index contributed by atoms with van der Waals surface area (Å²) in [5.41, 5.74) is 0.828. The normalized spacial score (nSPS) is 22.3. The third-order valence-corrected chi connectivity index (χ3v) is 8.87. The Morgan fingerprint density at radius 1 is 1.10 bits per heavy atom. The second-order valence-corrected chi connectivity index (χ2v) is 11.8. The lowest BCUT2D eigenvalue weighted by atomic mass is 10.0. The van der Waals surface area contributed by atoms with Crippen LogP contribution in [0.4, 0.5) is 4.79 Å². The summed E-state index contributed by atoms with van der Waals surface area (Å²) in [6, 6.07) is 13.4. The molecule has 12 heteroatoms. The number of sulfonamides is 1. The molecule has 0 aromatic heterocycles. The molecule has 5 atom stereocenters. The maximum Gasteiger partial charge on any atom is 0.407 e. The minimum Gasteiger partial charge on any atom is -0.508 e. The number of aliphatic hydroxyl groups is 1. The summed E-state index contributed by atoms with van der Waals surface area (Å²) >= 11 is 0. The summed E-state index contributed by atoms with van der Waals surface area (Å²) in [6.07, 6.45) is -1.37. The lowest BCUT2D eigenvalue weighted by molar-refractivity contribution is -0.149. The van der Waals surface area contributed by atoms with Crippen LogP contribution in [0.5, 0.6) is 5.75 Å². The van der Waals surface area contributed by atoms with E-state index < -0.39 is 47.0 Å². The number of aromatic hydroxyl groups is 1. The number of carbonyl (C=O) groups excluding carboxylic acids is 1. The highest BCUT2D eigenvalue weighted by molar-refractivity contribution is 7.89. The quantitative estimate of drug-likeness (QED) is 0.306. The first-order valence-corrected chi connectivity index (χ1v) is 15.1. The molecule has 2 aliphatic heterocycles. The van der Waals surface area contributed by atoms with Crippen LogP contribution < -0.4 is 5.32 Å². The first-order valence-electron chi connectivity index (χ1n) is 13.6. The molecule has 11 nitrogen and oxygen atoms in total. The van der Waals surface area contributed by atoms with Crippen molar-refractivity contribution >= 4 is 16.1 Å². The third-order valence-electron chi connectivity index (χ3n) is 7.23. The standard InChI is InChI=1S/C28H38N2O9S/c1-3-21(4-2)39-30(40(34,35)22-12-10-20(31)11-13-22)17-25(32)24(16-19-8-6-5-7-9-19)29-28(33)38-26-18-37-27-23(26)14-15-36-27/h5-13,21,23-27,31-32H,3-4,14-18H2,1-2H3,(H,29,33)/t23-,24-,25+,26-,27+/m0/s1. The van der Waals surface area contributed by atoms with Gasteiger partial charge in [-0.2, -0.15) is 0 Å². The van der Waals surface area contributed by atoms with Gasteiger partial charge in [0.15, 0.2) is 6.29 Å². The first-order chi connectivity index (χ1) is 19.2. The second kappa shape index (κ2) is 13.7. The summed E-state index contributed by atoms with van der Waals surface area (Å²) < 4.78 is 44.6. The largest absolute Gasteiger partial charge is 0.508 e. The lowest BCUT2D eigenvalue weighted by Gasteiger charge is -2.31. The van der Waals surface area contributed by atoms with Crippen molar-refractivity contribution < 1.29 is 42.5 Å². The molecule has 0 radical (unpaired) electrons. The zero-order valence-corrected chi connectivity index (χ0v) is 23.5. The SMILES string of the molecule is CCC(CC)ON(C[C@@H](O)[C@H](Cc1ccccc1)NC(=O)O[C@H]1CO[C@H]2OCC[C@H]21)S(=O)(=O)c1ccc(O)cc1. The van der Waals surface area contributed by atoms with E-state index in [0.717, 1.165) is 16.5 Å². The number of ether oxygens (including phenoxy) is 3. The number of benzene rings is 2. The van der Waals surface area contributed by atoms with Crippen molar-refractivity contribution in [2.45, 2.75) is 75.1 Å². The molecule has 4 rings (SSSR count). The highest BCUT2D eigenvalue weighted by Crippen LogP contribution is 2.33. The first kappa shape index (κ1) is 30.2. The van der Waals surface area contributed by atoms with Gasteiger partial charge in [-0.25, -0.2) is 13.2 Å². The number of carbonyl (C=O) groups is 1. The van der Waals surface area contributed by atoms with Crippen LogP contribution >= 0.6 is 0 Å². The average molecular weight is 579 g/mol. The fourth-order valence-corrected chi connectivity index (χ4v) is 6.14. The van der Waals surface area contributed by atoms with Gasteiger partial charge in [-0.15, -0.1) is 0 Å². The summed E-state index contributed by atoms with van der Waals surface area (Å²) in [5.74, 6) is -0.136. The van der Waals surface area contributed by atoms with Gasteiger partial charge in [0, 0.05) is 0 Å². The van der Waals surface area contributed by atoms with Crippen LogP contribution in [-0.2, 0) is 35.5 Å². The predicted molar refractivity (Wildman–Crippen MR) is 145 cm³/mol. The number of hydroxylamine groups is 1. The fraction of sp³-hybridized carbons (Fsp3) is 0.536. The number of rotatable bonds is 13. The van der Waals surface area contributed by atoms with Gasteiger partial charge in [-0.1, -0.05) is 48.6 Å². The number of nitrogens with one attached hydrogen (secondary N) is 1. The molecule has 2 heterocycles. The number of phenolic OH excluding ortho intramolecular Hbond substituents is 1. The molecule has 40 heavy (non-hydrogen) atoms. The van der Waals surface area contributed by atoms with Crippen molar-refractivity contribution in [1.29, 1.82) is 0 Å². The van der Waals surface area contributed by atoms with Crippen LogP contribution in [0.25, 0.3) is 0 Å². The van der Waals surface area contributed by atoms with Crippen molar-refractivity contribution in [3.05, 3.63) is 60.2 Å². The van der Waals surface area contributed by atoms with Crippen LogP contribution in [0, 0.1) is 5.92 Å². The zero-order chi connectivity index (χ0) is 28.7. The van der Waals surface area contributed by atoms with Gasteiger partial charge in [0.1, 0.15) is 11.9 Å². The van der Waals surface area contributed by atoms with Gasteiger partial charge >= 0.3 is 6.09 Å². The molecular formula is C28H38N2O9S. The molecule has 220 valence electrons. The molecule has 0 unspecified atom stereocenters. The summed E-state index contributed by atoms with van der Waals surface area (Å²) in [6.45, 7) is 4.05. The van der Waals surface area contributed by atoms with Gasteiger partial charge in [-0.3, -0.25) is 4.84 Å². The zero-order valence-electron chi connectivity index (χ0n) is 22.7. The molecule has 1 amide bonds. The number of hydrogen-bond donors (Lipinski definition) is 3. The van der Waals surface area contributed by atoms with Crippen molar-refractivity contribution in [2.24, 2.45) is 5.92 Å². The van der Waals surface area contributed by atoms with E-state index in [4.69, 9.17) is 19.0 Å². The van der Waals surface area contributed by atoms with Crippen LogP contribution in [-0.4, -0.2) is 79.6 Å². The molecule has 2 aliphatic rings. The number of aliphatic hydroxyl groups excluding tert-OH is 1.